The minimum Gasteiger partial charge on any atom is -0.478 e. The van der Waals surface area contributed by atoms with Crippen molar-refractivity contribution in [1.82, 2.24) is 4.57 Å². The van der Waals surface area contributed by atoms with Gasteiger partial charge in [-0.05, 0) is 22.4 Å². The van der Waals surface area contributed by atoms with Crippen LogP contribution in [0.4, 0.5) is 5.69 Å². The standard InChI is InChI=1S/C11H11BrN2O5/c1-2-7(11(16)17)3-4-13-6-8(14(18)19)5-9(12)10(13)15/h3,5-6H,2,4H2,1H3,(H,16,17)/b7-3-. The third kappa shape index (κ3) is 3.75. The number of allylic oxidation sites excluding steroid dienone is 1. The molecule has 8 heteroatoms. The molecule has 0 saturated carbocycles. The van der Waals surface area contributed by atoms with Crippen molar-refractivity contribution in [3.05, 3.63) is 48.9 Å². The van der Waals surface area contributed by atoms with E-state index in [-0.39, 0.29) is 22.3 Å². The van der Waals surface area contributed by atoms with Crippen LogP contribution in [0, 0.1) is 10.1 Å². The highest BCUT2D eigenvalue weighted by atomic mass is 79.9. The molecule has 0 aromatic carbocycles. The maximum absolute atomic E-state index is 11.7. The van der Waals surface area contributed by atoms with Crippen LogP contribution < -0.4 is 5.56 Å². The molecule has 0 amide bonds. The summed E-state index contributed by atoms with van der Waals surface area (Å²) < 4.78 is 1.14. The van der Waals surface area contributed by atoms with Gasteiger partial charge in [0.05, 0.1) is 15.6 Å². The minimum absolute atomic E-state index is 0.0331. The summed E-state index contributed by atoms with van der Waals surface area (Å²) in [5, 5.41) is 19.5. The van der Waals surface area contributed by atoms with Crippen LogP contribution in [-0.4, -0.2) is 20.6 Å². The molecule has 0 aliphatic carbocycles. The maximum Gasteiger partial charge on any atom is 0.331 e. The molecule has 0 radical (unpaired) electrons. The van der Waals surface area contributed by atoms with Crippen molar-refractivity contribution < 1.29 is 14.8 Å². The Labute approximate surface area is 116 Å². The van der Waals surface area contributed by atoms with Gasteiger partial charge in [0.25, 0.3) is 11.2 Å². The average molecular weight is 331 g/mol. The topological polar surface area (TPSA) is 102 Å². The number of hydrogen-bond acceptors (Lipinski definition) is 4. The normalized spacial score (nSPS) is 11.4. The molecule has 1 rings (SSSR count). The van der Waals surface area contributed by atoms with E-state index >= 15 is 0 Å². The number of carboxylic acid groups (broad SMARTS) is 1. The van der Waals surface area contributed by atoms with Gasteiger partial charge in [-0.15, -0.1) is 0 Å². The quantitative estimate of drug-likeness (QED) is 0.505. The highest BCUT2D eigenvalue weighted by molar-refractivity contribution is 9.10. The zero-order chi connectivity index (χ0) is 14.6. The van der Waals surface area contributed by atoms with Crippen molar-refractivity contribution in [3.63, 3.8) is 0 Å². The summed E-state index contributed by atoms with van der Waals surface area (Å²) in [6.07, 6.45) is 2.75. The Balaban J connectivity index is 3.17. The molecule has 0 atom stereocenters. The van der Waals surface area contributed by atoms with Gasteiger partial charge in [-0.25, -0.2) is 4.79 Å². The molecule has 0 aliphatic heterocycles. The fourth-order valence-electron chi connectivity index (χ4n) is 1.41. The van der Waals surface area contributed by atoms with E-state index in [1.165, 1.54) is 6.08 Å². The average Bonchev–Trinajstić information content (AvgIpc) is 2.34. The van der Waals surface area contributed by atoms with Gasteiger partial charge in [0.15, 0.2) is 0 Å². The zero-order valence-electron chi connectivity index (χ0n) is 10.00. The summed E-state index contributed by atoms with van der Waals surface area (Å²) in [6, 6.07) is 1.11. The van der Waals surface area contributed by atoms with Crippen LogP contribution in [-0.2, 0) is 11.3 Å². The number of nitro groups is 1. The first-order valence-electron chi connectivity index (χ1n) is 5.33. The van der Waals surface area contributed by atoms with Gasteiger partial charge < -0.3 is 9.67 Å². The molecule has 0 saturated heterocycles. The first kappa shape index (κ1) is 15.1. The highest BCUT2D eigenvalue weighted by Crippen LogP contribution is 2.14. The van der Waals surface area contributed by atoms with E-state index in [9.17, 15) is 19.7 Å². The number of pyridine rings is 1. The van der Waals surface area contributed by atoms with E-state index in [4.69, 9.17) is 5.11 Å². The number of nitrogens with zero attached hydrogens (tertiary/aromatic N) is 2. The Bertz CT molecular complexity index is 606. The van der Waals surface area contributed by atoms with Gasteiger partial charge in [0.1, 0.15) is 0 Å². The minimum atomic E-state index is -1.07. The Morgan fingerprint density at radius 1 is 1.63 bits per heavy atom. The Morgan fingerprint density at radius 2 is 2.26 bits per heavy atom. The summed E-state index contributed by atoms with van der Waals surface area (Å²) in [6.45, 7) is 1.64. The maximum atomic E-state index is 11.7. The summed E-state index contributed by atoms with van der Waals surface area (Å²) in [4.78, 5) is 32.6. The van der Waals surface area contributed by atoms with Crippen molar-refractivity contribution in [3.8, 4) is 0 Å². The monoisotopic (exact) mass is 330 g/mol. The van der Waals surface area contributed by atoms with Gasteiger partial charge in [0.2, 0.25) is 0 Å². The molecule has 0 fully saturated rings. The molecule has 0 bridgehead atoms. The molecule has 1 aromatic rings. The first-order valence-corrected chi connectivity index (χ1v) is 6.12. The highest BCUT2D eigenvalue weighted by Gasteiger charge is 2.12. The lowest BCUT2D eigenvalue weighted by molar-refractivity contribution is -0.385. The molecule has 102 valence electrons. The summed E-state index contributed by atoms with van der Waals surface area (Å²) in [5.41, 5.74) is -0.550. The largest absolute Gasteiger partial charge is 0.478 e. The van der Waals surface area contributed by atoms with Crippen LogP contribution in [0.15, 0.2) is 33.2 Å². The molecule has 0 unspecified atom stereocenters. The van der Waals surface area contributed by atoms with Crippen molar-refractivity contribution >= 4 is 27.6 Å². The molecule has 7 nitrogen and oxygen atoms in total. The van der Waals surface area contributed by atoms with Crippen molar-refractivity contribution in [2.24, 2.45) is 0 Å². The number of aliphatic carboxylic acids is 1. The van der Waals surface area contributed by atoms with Gasteiger partial charge in [0, 0.05) is 18.2 Å². The SMILES string of the molecule is CC/C(=C/Cn1cc([N+](=O)[O-])cc(Br)c1=O)C(=O)O. The van der Waals surface area contributed by atoms with Gasteiger partial charge >= 0.3 is 5.97 Å². The van der Waals surface area contributed by atoms with Gasteiger partial charge in [-0.2, -0.15) is 0 Å². The lowest BCUT2D eigenvalue weighted by Gasteiger charge is -2.04. The zero-order valence-corrected chi connectivity index (χ0v) is 11.6. The molecular weight excluding hydrogens is 320 g/mol. The van der Waals surface area contributed by atoms with Crippen LogP contribution in [0.2, 0.25) is 0 Å². The van der Waals surface area contributed by atoms with E-state index < -0.39 is 16.5 Å². The third-order valence-corrected chi connectivity index (χ3v) is 3.00. The van der Waals surface area contributed by atoms with E-state index in [2.05, 4.69) is 15.9 Å². The predicted molar refractivity (Wildman–Crippen MR) is 71.1 cm³/mol. The molecule has 0 spiro atoms. The number of rotatable bonds is 5. The van der Waals surface area contributed by atoms with Crippen LogP contribution in [0.1, 0.15) is 13.3 Å². The fourth-order valence-corrected chi connectivity index (χ4v) is 1.87. The number of carbonyl (C=O) groups is 1. The molecule has 19 heavy (non-hydrogen) atoms. The van der Waals surface area contributed by atoms with E-state index in [1.807, 2.05) is 0 Å². The smallest absolute Gasteiger partial charge is 0.331 e. The lowest BCUT2D eigenvalue weighted by Crippen LogP contribution is -2.20. The summed E-state index contributed by atoms with van der Waals surface area (Å²) in [5.74, 6) is -1.07. The summed E-state index contributed by atoms with van der Waals surface area (Å²) >= 11 is 2.94. The molecule has 1 heterocycles. The number of carboxylic acids is 1. The van der Waals surface area contributed by atoms with Gasteiger partial charge in [-0.3, -0.25) is 14.9 Å². The van der Waals surface area contributed by atoms with Crippen LogP contribution in [0.5, 0.6) is 0 Å². The lowest BCUT2D eigenvalue weighted by atomic mass is 10.2. The third-order valence-electron chi connectivity index (χ3n) is 2.43. The molecular formula is C11H11BrN2O5. The van der Waals surface area contributed by atoms with Gasteiger partial charge in [-0.1, -0.05) is 13.0 Å². The molecule has 1 aromatic heterocycles. The second-order valence-corrected chi connectivity index (χ2v) is 4.50. The summed E-state index contributed by atoms with van der Waals surface area (Å²) in [7, 11) is 0. The number of halogens is 1. The van der Waals surface area contributed by atoms with Crippen molar-refractivity contribution in [2.75, 3.05) is 0 Å². The van der Waals surface area contributed by atoms with Crippen molar-refractivity contribution in [1.29, 1.82) is 0 Å². The first-order chi connectivity index (χ1) is 8.86. The molecule has 0 aliphatic rings. The fraction of sp³-hybridized carbons (Fsp3) is 0.273. The van der Waals surface area contributed by atoms with E-state index in [0.717, 1.165) is 16.8 Å². The molecule has 1 N–H and O–H groups in total. The second-order valence-electron chi connectivity index (χ2n) is 3.65. The van der Waals surface area contributed by atoms with Crippen LogP contribution >= 0.6 is 15.9 Å². The van der Waals surface area contributed by atoms with E-state index in [1.54, 1.807) is 6.92 Å². The second kappa shape index (κ2) is 6.28. The van der Waals surface area contributed by atoms with Crippen molar-refractivity contribution in [2.45, 2.75) is 19.9 Å². The number of hydrogen-bond donors (Lipinski definition) is 1. The Kier molecular flexibility index (Phi) is 4.99. The number of aromatic nitrogens is 1. The van der Waals surface area contributed by atoms with Crippen LogP contribution in [0.25, 0.3) is 0 Å². The van der Waals surface area contributed by atoms with Crippen LogP contribution in [0.3, 0.4) is 0 Å². The van der Waals surface area contributed by atoms with E-state index in [0.29, 0.717) is 6.42 Å². The predicted octanol–water partition coefficient (Wildman–Crippen LogP) is 1.94. The Morgan fingerprint density at radius 3 is 2.74 bits per heavy atom. The Hall–Kier alpha value is -1.96.